The van der Waals surface area contributed by atoms with E-state index in [9.17, 15) is 4.79 Å². The quantitative estimate of drug-likeness (QED) is 0.337. The molecule has 11 heteroatoms. The van der Waals surface area contributed by atoms with Crippen molar-refractivity contribution in [3.63, 3.8) is 0 Å². The molecule has 2 saturated carbocycles. The Hall–Kier alpha value is -2.89. The largest absolute Gasteiger partial charge is 0.474 e. The molecule has 3 atom stereocenters. The first-order valence-electron chi connectivity index (χ1n) is 18.7. The van der Waals surface area contributed by atoms with Crippen molar-refractivity contribution in [1.29, 1.82) is 0 Å². The van der Waals surface area contributed by atoms with Gasteiger partial charge in [0.15, 0.2) is 11.6 Å². The normalized spacial score (nSPS) is 29.9. The van der Waals surface area contributed by atoms with Crippen molar-refractivity contribution in [2.75, 3.05) is 56.2 Å². The summed E-state index contributed by atoms with van der Waals surface area (Å²) in [6, 6.07) is 7.42. The predicted molar refractivity (Wildman–Crippen MR) is 183 cm³/mol. The van der Waals surface area contributed by atoms with Gasteiger partial charge in [-0.15, -0.1) is 0 Å². The zero-order valence-corrected chi connectivity index (χ0v) is 29.0. The van der Waals surface area contributed by atoms with E-state index in [-0.39, 0.29) is 18.0 Å². The van der Waals surface area contributed by atoms with Crippen LogP contribution in [0.1, 0.15) is 89.7 Å². The highest BCUT2D eigenvalue weighted by atomic mass is 16.5. The van der Waals surface area contributed by atoms with Crippen molar-refractivity contribution < 1.29 is 23.5 Å². The Labute approximate surface area is 285 Å². The lowest BCUT2D eigenvalue weighted by molar-refractivity contribution is -0.144. The summed E-state index contributed by atoms with van der Waals surface area (Å²) in [4.78, 5) is 24.6. The molecular weight excluding hydrogens is 608 g/mol. The average Bonchev–Trinajstić information content (AvgIpc) is 3.69. The van der Waals surface area contributed by atoms with Crippen LogP contribution in [0.5, 0.6) is 5.88 Å². The minimum absolute atomic E-state index is 0.0801. The van der Waals surface area contributed by atoms with Crippen LogP contribution in [0.2, 0.25) is 0 Å². The Morgan fingerprint density at radius 1 is 0.958 bits per heavy atom. The molecule has 2 aromatic rings. The molecule has 4 aliphatic heterocycles. The summed E-state index contributed by atoms with van der Waals surface area (Å²) >= 11 is 0. The highest BCUT2D eigenvalue weighted by Gasteiger charge is 2.54. The molecule has 3 unspecified atom stereocenters. The number of nitrogens with zero attached hydrogens (tertiary/aromatic N) is 5. The Bertz CT molecular complexity index is 1390. The lowest BCUT2D eigenvalue weighted by Gasteiger charge is -2.45. The maximum Gasteiger partial charge on any atom is 0.316 e. The van der Waals surface area contributed by atoms with Crippen LogP contribution in [0.3, 0.4) is 0 Å². The Kier molecular flexibility index (Phi) is 9.05. The third kappa shape index (κ3) is 6.31. The van der Waals surface area contributed by atoms with Gasteiger partial charge >= 0.3 is 5.97 Å². The summed E-state index contributed by atoms with van der Waals surface area (Å²) in [6.07, 6.45) is 14.4. The second kappa shape index (κ2) is 13.4. The Balaban J connectivity index is 0.768. The molecule has 2 bridgehead atoms. The number of anilines is 2. The van der Waals surface area contributed by atoms with Gasteiger partial charge in [0.2, 0.25) is 5.88 Å². The van der Waals surface area contributed by atoms with Gasteiger partial charge < -0.3 is 33.9 Å². The number of carbonyl (C=O) groups excluding carboxylic acids is 1. The molecule has 6 aliphatic rings. The van der Waals surface area contributed by atoms with Gasteiger partial charge in [-0.25, -0.2) is 4.98 Å². The number of fused-ring (bicyclic) bond motifs is 2. The second-order valence-electron chi connectivity index (χ2n) is 15.7. The van der Waals surface area contributed by atoms with Crippen molar-refractivity contribution in [2.24, 2.45) is 11.8 Å². The van der Waals surface area contributed by atoms with Crippen LogP contribution < -0.4 is 19.9 Å². The van der Waals surface area contributed by atoms with Crippen LogP contribution in [0.25, 0.3) is 0 Å². The molecule has 2 aliphatic carbocycles. The Morgan fingerprint density at radius 3 is 2.35 bits per heavy atom. The van der Waals surface area contributed by atoms with E-state index in [1.54, 1.807) is 0 Å². The molecule has 48 heavy (non-hydrogen) atoms. The minimum Gasteiger partial charge on any atom is -0.474 e. The smallest absolute Gasteiger partial charge is 0.316 e. The Morgan fingerprint density at radius 2 is 1.69 bits per heavy atom. The van der Waals surface area contributed by atoms with Crippen LogP contribution in [0, 0.1) is 11.8 Å². The number of rotatable bonds is 11. The third-order valence-corrected chi connectivity index (χ3v) is 12.5. The van der Waals surface area contributed by atoms with Crippen molar-refractivity contribution >= 4 is 17.5 Å². The number of aromatic nitrogens is 2. The van der Waals surface area contributed by atoms with Crippen molar-refractivity contribution in [2.45, 2.75) is 120 Å². The van der Waals surface area contributed by atoms with Crippen molar-refractivity contribution in [1.82, 2.24) is 20.4 Å². The summed E-state index contributed by atoms with van der Waals surface area (Å²) in [5.74, 6) is 2.30. The number of hydrogen-bond acceptors (Lipinski definition) is 11. The van der Waals surface area contributed by atoms with Gasteiger partial charge in [0.05, 0.1) is 19.3 Å². The van der Waals surface area contributed by atoms with E-state index >= 15 is 0 Å². The van der Waals surface area contributed by atoms with Gasteiger partial charge in [0.1, 0.15) is 12.0 Å². The number of methoxy groups -OCH3 is 1. The zero-order valence-electron chi connectivity index (χ0n) is 29.0. The first kappa shape index (κ1) is 32.3. The molecule has 0 aromatic carbocycles. The first-order chi connectivity index (χ1) is 23.4. The molecule has 6 fully saturated rings. The minimum atomic E-state index is -0.424. The number of nitrogens with one attached hydrogen (secondary N) is 1. The van der Waals surface area contributed by atoms with Crippen LogP contribution in [0.4, 0.5) is 11.5 Å². The van der Waals surface area contributed by atoms with Gasteiger partial charge in [-0.3, -0.25) is 9.69 Å². The molecular formula is C37H54N6O5. The lowest BCUT2D eigenvalue weighted by Crippen LogP contribution is -2.52. The van der Waals surface area contributed by atoms with Gasteiger partial charge in [0, 0.05) is 93.7 Å². The highest BCUT2D eigenvalue weighted by Crippen LogP contribution is 2.52. The molecule has 0 radical (unpaired) electrons. The van der Waals surface area contributed by atoms with Gasteiger partial charge in [-0.05, 0) is 69.3 Å². The standard InChI is InChI=1S/C37H54N6O5/c1-24(2)35(36(44)45-3)32-21-33(40-48-32)41-14-7-25(8-15-41)37(11-12-37)42-16-9-29(10-17-42)46-30-19-31(20-30)47-34-18-26(6-13-39-34)43-27-4-5-28(43)23-38-22-27/h6,13,18,21,24-25,27-31,35,38H,4-5,7-12,14-17,19-20,22-23H2,1-3H3/t27?,28?,30-,31-,35?. The number of ether oxygens (including phenoxy) is 3. The molecule has 2 aromatic heterocycles. The second-order valence-corrected chi connectivity index (χ2v) is 15.7. The molecule has 1 N–H and O–H groups in total. The number of piperidine rings is 2. The number of pyridine rings is 1. The molecule has 11 nitrogen and oxygen atoms in total. The molecule has 4 saturated heterocycles. The summed E-state index contributed by atoms with van der Waals surface area (Å²) < 4.78 is 23.6. The molecule has 6 heterocycles. The number of likely N-dealkylation sites (tertiary alicyclic amines) is 1. The summed E-state index contributed by atoms with van der Waals surface area (Å²) in [7, 11) is 1.43. The molecule has 0 spiro atoms. The van der Waals surface area contributed by atoms with Gasteiger partial charge in [0.25, 0.3) is 0 Å². The molecule has 8 rings (SSSR count). The summed E-state index contributed by atoms with van der Waals surface area (Å²) in [5, 5.41) is 7.93. The lowest BCUT2D eigenvalue weighted by atomic mass is 9.85. The van der Waals surface area contributed by atoms with E-state index in [0.717, 1.165) is 82.6 Å². The van der Waals surface area contributed by atoms with Crippen LogP contribution >= 0.6 is 0 Å². The average molecular weight is 663 g/mol. The van der Waals surface area contributed by atoms with Crippen molar-refractivity contribution in [3.05, 3.63) is 30.2 Å². The number of hydrogen-bond donors (Lipinski definition) is 1. The van der Waals surface area contributed by atoms with Gasteiger partial charge in [-0.2, -0.15) is 0 Å². The van der Waals surface area contributed by atoms with Crippen LogP contribution in [-0.4, -0.2) is 103 Å². The van der Waals surface area contributed by atoms with E-state index in [2.05, 4.69) is 42.3 Å². The van der Waals surface area contributed by atoms with Crippen molar-refractivity contribution in [3.8, 4) is 5.88 Å². The maximum atomic E-state index is 12.3. The van der Waals surface area contributed by atoms with E-state index in [4.69, 9.17) is 18.7 Å². The first-order valence-corrected chi connectivity index (χ1v) is 18.7. The highest BCUT2D eigenvalue weighted by molar-refractivity contribution is 5.77. The molecule has 0 amide bonds. The topological polar surface area (TPSA) is 105 Å². The zero-order chi connectivity index (χ0) is 32.8. The summed E-state index contributed by atoms with van der Waals surface area (Å²) in [6.45, 7) is 10.4. The number of carbonyl (C=O) groups is 1. The SMILES string of the molecule is COC(=O)C(c1cc(N2CCC(C3(N4CCC(O[C@H]5C[C@H](Oc6cc(N7C8CCC7CNC8)ccn6)C5)CC4)CC3)CC2)no1)C(C)C. The van der Waals surface area contributed by atoms with E-state index < -0.39 is 5.92 Å². The number of piperazine rings is 1. The van der Waals surface area contributed by atoms with Crippen LogP contribution in [-0.2, 0) is 14.3 Å². The maximum absolute atomic E-state index is 12.3. The summed E-state index contributed by atoms with van der Waals surface area (Å²) in [5.41, 5.74) is 1.63. The predicted octanol–water partition coefficient (Wildman–Crippen LogP) is 4.76. The fourth-order valence-electron chi connectivity index (χ4n) is 9.60. The monoisotopic (exact) mass is 662 g/mol. The fourth-order valence-corrected chi connectivity index (χ4v) is 9.60. The van der Waals surface area contributed by atoms with E-state index in [1.165, 1.54) is 51.3 Å². The number of esters is 1. The third-order valence-electron chi connectivity index (χ3n) is 12.5. The fraction of sp³-hybridized carbons (Fsp3) is 0.757. The van der Waals surface area contributed by atoms with E-state index in [0.29, 0.717) is 35.6 Å². The molecule has 262 valence electrons. The van der Waals surface area contributed by atoms with Crippen LogP contribution in [0.15, 0.2) is 28.9 Å². The van der Waals surface area contributed by atoms with E-state index in [1.807, 2.05) is 26.1 Å². The van der Waals surface area contributed by atoms with Gasteiger partial charge in [-0.1, -0.05) is 19.0 Å².